The number of carbonyl (C=O) groups excluding carboxylic acids is 1. The molecule has 2 aliphatic heterocycles. The van der Waals surface area contributed by atoms with Crippen LogP contribution in [0.2, 0.25) is 0 Å². The molecular formula is C17H23ClINO3. The van der Waals surface area contributed by atoms with Crippen molar-refractivity contribution >= 4 is 41.0 Å². The van der Waals surface area contributed by atoms with Crippen molar-refractivity contribution in [3.05, 3.63) is 27.3 Å². The van der Waals surface area contributed by atoms with Crippen LogP contribution in [0.4, 0.5) is 0 Å². The van der Waals surface area contributed by atoms with Crippen molar-refractivity contribution in [2.45, 2.75) is 37.3 Å². The molecular weight excluding hydrogens is 429 g/mol. The standard InChI is InChI=1S/C17H22INO3.ClH/c1-19-11-5-6-14(19)16(17(20)22-3)12(9-11)10-4-7-15(21-2)13(18)8-10;/h4,7-8,11-12,14,16H,5-6,9H2,1-3H3;1H/t11-,12+,14+,16-;/m0./s1. The first kappa shape index (κ1) is 18.8. The largest absolute Gasteiger partial charge is 0.496 e. The van der Waals surface area contributed by atoms with Gasteiger partial charge in [-0.3, -0.25) is 9.69 Å². The molecule has 4 atom stereocenters. The van der Waals surface area contributed by atoms with Gasteiger partial charge in [0.2, 0.25) is 0 Å². The molecule has 2 saturated heterocycles. The van der Waals surface area contributed by atoms with E-state index in [-0.39, 0.29) is 30.2 Å². The van der Waals surface area contributed by atoms with Gasteiger partial charge in [-0.05, 0) is 66.6 Å². The van der Waals surface area contributed by atoms with E-state index >= 15 is 0 Å². The van der Waals surface area contributed by atoms with Crippen molar-refractivity contribution in [3.63, 3.8) is 0 Å². The molecule has 0 aliphatic carbocycles. The minimum Gasteiger partial charge on any atom is -0.496 e. The van der Waals surface area contributed by atoms with Gasteiger partial charge in [-0.1, -0.05) is 6.07 Å². The lowest BCUT2D eigenvalue weighted by Gasteiger charge is -2.41. The first-order valence-corrected chi connectivity index (χ1v) is 8.78. The summed E-state index contributed by atoms with van der Waals surface area (Å²) in [6.45, 7) is 0. The lowest BCUT2D eigenvalue weighted by Crippen LogP contribution is -2.49. The van der Waals surface area contributed by atoms with Gasteiger partial charge in [0.05, 0.1) is 23.7 Å². The molecule has 0 spiro atoms. The normalized spacial score (nSPS) is 29.7. The van der Waals surface area contributed by atoms with Crippen molar-refractivity contribution in [1.29, 1.82) is 0 Å². The molecule has 0 unspecified atom stereocenters. The van der Waals surface area contributed by atoms with Crippen LogP contribution in [0.25, 0.3) is 0 Å². The molecule has 2 aliphatic rings. The van der Waals surface area contributed by atoms with Crippen LogP contribution in [0, 0.1) is 9.49 Å². The number of methoxy groups -OCH3 is 2. The van der Waals surface area contributed by atoms with E-state index in [0.29, 0.717) is 12.1 Å². The van der Waals surface area contributed by atoms with Crippen LogP contribution in [0.15, 0.2) is 18.2 Å². The Hall–Kier alpha value is -0.530. The van der Waals surface area contributed by atoms with Crippen LogP contribution in [-0.4, -0.2) is 44.2 Å². The number of ether oxygens (including phenoxy) is 2. The molecule has 2 bridgehead atoms. The predicted molar refractivity (Wildman–Crippen MR) is 100 cm³/mol. The second-order valence-corrected chi connectivity index (χ2v) is 7.41. The Balaban J connectivity index is 0.00000192. The Kier molecular flexibility index (Phi) is 6.19. The third-order valence-corrected chi connectivity index (χ3v) is 6.19. The third-order valence-electron chi connectivity index (χ3n) is 5.35. The zero-order valence-corrected chi connectivity index (χ0v) is 16.6. The Morgan fingerprint density at radius 1 is 1.30 bits per heavy atom. The molecule has 1 aromatic carbocycles. The number of carbonyl (C=O) groups is 1. The average Bonchev–Trinajstić information content (AvgIpc) is 2.76. The quantitative estimate of drug-likeness (QED) is 0.521. The first-order valence-electron chi connectivity index (χ1n) is 7.70. The smallest absolute Gasteiger partial charge is 0.310 e. The van der Waals surface area contributed by atoms with Crippen LogP contribution in [-0.2, 0) is 9.53 Å². The third kappa shape index (κ3) is 3.33. The lowest BCUT2D eigenvalue weighted by atomic mass is 9.76. The summed E-state index contributed by atoms with van der Waals surface area (Å²) in [5.74, 6) is 0.974. The number of rotatable bonds is 3. The fourth-order valence-corrected chi connectivity index (χ4v) is 4.94. The van der Waals surface area contributed by atoms with Crippen LogP contribution in [0.3, 0.4) is 0 Å². The van der Waals surface area contributed by atoms with Gasteiger partial charge in [0, 0.05) is 18.0 Å². The van der Waals surface area contributed by atoms with Gasteiger partial charge in [-0.25, -0.2) is 0 Å². The van der Waals surface area contributed by atoms with Gasteiger partial charge in [0.15, 0.2) is 0 Å². The predicted octanol–water partition coefficient (Wildman–Crippen LogP) is 3.46. The number of halogens is 2. The fourth-order valence-electron chi connectivity index (χ4n) is 4.18. The molecule has 4 nitrogen and oxygen atoms in total. The van der Waals surface area contributed by atoms with Crippen molar-refractivity contribution in [2.75, 3.05) is 21.3 Å². The summed E-state index contributed by atoms with van der Waals surface area (Å²) in [5, 5.41) is 0. The van der Waals surface area contributed by atoms with Crippen LogP contribution in [0.5, 0.6) is 5.75 Å². The Bertz CT molecular complexity index is 583. The summed E-state index contributed by atoms with van der Waals surface area (Å²) >= 11 is 2.29. The number of hydrogen-bond acceptors (Lipinski definition) is 4. The number of benzene rings is 1. The number of fused-ring (bicyclic) bond motifs is 2. The van der Waals surface area contributed by atoms with Crippen LogP contribution in [0.1, 0.15) is 30.7 Å². The maximum Gasteiger partial charge on any atom is 0.310 e. The molecule has 0 N–H and O–H groups in total. The molecule has 3 rings (SSSR count). The Morgan fingerprint density at radius 3 is 2.65 bits per heavy atom. The molecule has 6 heteroatoms. The zero-order chi connectivity index (χ0) is 15.9. The van der Waals surface area contributed by atoms with Crippen molar-refractivity contribution in [2.24, 2.45) is 5.92 Å². The molecule has 0 saturated carbocycles. The second-order valence-electron chi connectivity index (χ2n) is 6.25. The van der Waals surface area contributed by atoms with Gasteiger partial charge in [0.25, 0.3) is 0 Å². The van der Waals surface area contributed by atoms with Gasteiger partial charge < -0.3 is 9.47 Å². The number of nitrogens with zero attached hydrogens (tertiary/aromatic N) is 1. The summed E-state index contributed by atoms with van der Waals surface area (Å²) in [6.07, 6.45) is 3.29. The van der Waals surface area contributed by atoms with Gasteiger partial charge in [-0.15, -0.1) is 12.4 Å². The van der Waals surface area contributed by atoms with Crippen LogP contribution >= 0.6 is 35.0 Å². The zero-order valence-electron chi connectivity index (χ0n) is 13.6. The fraction of sp³-hybridized carbons (Fsp3) is 0.588. The minimum absolute atomic E-state index is 0. The lowest BCUT2D eigenvalue weighted by molar-refractivity contribution is -0.150. The summed E-state index contributed by atoms with van der Waals surface area (Å²) < 4.78 is 11.6. The summed E-state index contributed by atoms with van der Waals surface area (Å²) in [5.41, 5.74) is 1.23. The maximum atomic E-state index is 12.4. The van der Waals surface area contributed by atoms with Gasteiger partial charge >= 0.3 is 5.97 Å². The van der Waals surface area contributed by atoms with E-state index in [1.165, 1.54) is 19.1 Å². The van der Waals surface area contributed by atoms with E-state index in [2.05, 4.69) is 46.7 Å². The van der Waals surface area contributed by atoms with Crippen molar-refractivity contribution < 1.29 is 14.3 Å². The summed E-state index contributed by atoms with van der Waals surface area (Å²) in [6, 6.07) is 7.15. The van der Waals surface area contributed by atoms with Crippen LogP contribution < -0.4 is 4.74 Å². The molecule has 2 heterocycles. The highest BCUT2D eigenvalue weighted by Crippen LogP contribution is 2.47. The molecule has 2 fully saturated rings. The first-order chi connectivity index (χ1) is 10.6. The maximum absolute atomic E-state index is 12.4. The number of hydrogen-bond donors (Lipinski definition) is 0. The average molecular weight is 452 g/mol. The Labute approximate surface area is 157 Å². The van der Waals surface area contributed by atoms with Crippen molar-refractivity contribution in [1.82, 2.24) is 4.90 Å². The molecule has 128 valence electrons. The molecule has 0 amide bonds. The van der Waals surface area contributed by atoms with E-state index in [4.69, 9.17) is 9.47 Å². The monoisotopic (exact) mass is 451 g/mol. The van der Waals surface area contributed by atoms with E-state index in [0.717, 1.165) is 22.2 Å². The summed E-state index contributed by atoms with van der Waals surface area (Å²) in [4.78, 5) is 14.8. The molecule has 0 aromatic heterocycles. The number of esters is 1. The van der Waals surface area contributed by atoms with Gasteiger partial charge in [0.1, 0.15) is 5.75 Å². The number of piperidine rings is 1. The highest BCUT2D eigenvalue weighted by Gasteiger charge is 2.49. The highest BCUT2D eigenvalue weighted by atomic mass is 127. The van der Waals surface area contributed by atoms with E-state index < -0.39 is 0 Å². The van der Waals surface area contributed by atoms with Gasteiger partial charge in [-0.2, -0.15) is 0 Å². The minimum atomic E-state index is -0.0759. The van der Waals surface area contributed by atoms with E-state index in [1.807, 2.05) is 6.07 Å². The SMILES string of the molecule is COC(=O)[C@H]1[C@@H](c2ccc(OC)c(I)c2)C[C@@H]2CC[C@H]1N2C.Cl. The molecule has 1 aromatic rings. The van der Waals surface area contributed by atoms with E-state index in [9.17, 15) is 4.79 Å². The molecule has 0 radical (unpaired) electrons. The summed E-state index contributed by atoms with van der Waals surface area (Å²) in [7, 11) is 5.33. The second kappa shape index (κ2) is 7.57. The van der Waals surface area contributed by atoms with Crippen molar-refractivity contribution in [3.8, 4) is 5.75 Å². The topological polar surface area (TPSA) is 38.8 Å². The Morgan fingerprint density at radius 2 is 2.04 bits per heavy atom. The highest BCUT2D eigenvalue weighted by molar-refractivity contribution is 14.1. The van der Waals surface area contributed by atoms with E-state index in [1.54, 1.807) is 7.11 Å². The molecule has 23 heavy (non-hydrogen) atoms.